The van der Waals surface area contributed by atoms with E-state index in [1.807, 2.05) is 39.8 Å². The fraction of sp³-hybridized carbons (Fsp3) is 0.345. The third-order valence-corrected chi connectivity index (χ3v) is 8.62. The summed E-state index contributed by atoms with van der Waals surface area (Å²) in [6, 6.07) is 15.2. The van der Waals surface area contributed by atoms with Crippen molar-refractivity contribution in [2.24, 2.45) is 0 Å². The lowest BCUT2D eigenvalue weighted by Crippen LogP contribution is -2.41. The van der Waals surface area contributed by atoms with Gasteiger partial charge in [-0.2, -0.15) is 0 Å². The van der Waals surface area contributed by atoms with Crippen LogP contribution in [-0.4, -0.2) is 28.0 Å². The number of aryl methyl sites for hydroxylation is 3. The minimum atomic E-state index is -4.03. The molecular weight excluding hydrogens is 508 g/mol. The molecule has 6 nitrogen and oxygen atoms in total. The molecule has 3 aromatic carbocycles. The third kappa shape index (κ3) is 6.46. The van der Waals surface area contributed by atoms with E-state index in [1.54, 1.807) is 49.6 Å². The zero-order valence-electron chi connectivity index (χ0n) is 22.4. The van der Waals surface area contributed by atoms with E-state index in [0.29, 0.717) is 10.7 Å². The molecule has 8 heteroatoms. The summed E-state index contributed by atoms with van der Waals surface area (Å²) in [6.07, 6.45) is 0. The molecule has 1 N–H and O–H groups in total. The first-order valence-corrected chi connectivity index (χ1v) is 14.0. The van der Waals surface area contributed by atoms with Crippen molar-refractivity contribution < 1.29 is 17.9 Å². The fourth-order valence-electron chi connectivity index (χ4n) is 4.19. The van der Waals surface area contributed by atoms with Crippen molar-refractivity contribution in [1.29, 1.82) is 0 Å². The number of sulfonamides is 1. The Balaban J connectivity index is 1.94. The summed E-state index contributed by atoms with van der Waals surface area (Å²) in [5.41, 5.74) is 5.04. The van der Waals surface area contributed by atoms with Crippen LogP contribution in [0.25, 0.3) is 0 Å². The summed E-state index contributed by atoms with van der Waals surface area (Å²) in [4.78, 5) is 13.4. The van der Waals surface area contributed by atoms with E-state index in [-0.39, 0.29) is 16.9 Å². The Morgan fingerprint density at radius 2 is 1.59 bits per heavy atom. The lowest BCUT2D eigenvalue weighted by Gasteiger charge is -2.26. The summed E-state index contributed by atoms with van der Waals surface area (Å²) >= 11 is 6.33. The van der Waals surface area contributed by atoms with E-state index in [4.69, 9.17) is 16.3 Å². The van der Waals surface area contributed by atoms with Crippen molar-refractivity contribution in [1.82, 2.24) is 5.32 Å². The number of carbonyl (C=O) groups excluding carboxylic acids is 1. The highest BCUT2D eigenvalue weighted by Crippen LogP contribution is 2.32. The number of ether oxygens (including phenoxy) is 1. The second kappa shape index (κ2) is 11.6. The number of hydrogen-bond acceptors (Lipinski definition) is 4. The standard InChI is InChI=1S/C29H35ClN2O4S/c1-18(2)25-16-26(21(5)14-28(25)36-7)22(6)31-29(33)17-32(23-11-10-20(4)27(30)15-23)37(34,35)24-12-8-19(3)9-13-24/h8-16,18,22H,17H2,1-7H3,(H,31,33). The first kappa shape index (κ1) is 28.5. The number of halogens is 1. The molecule has 0 spiro atoms. The van der Waals surface area contributed by atoms with Crippen molar-refractivity contribution in [3.05, 3.63) is 87.4 Å². The van der Waals surface area contributed by atoms with Gasteiger partial charge in [-0.25, -0.2) is 8.42 Å². The first-order valence-electron chi connectivity index (χ1n) is 12.2. The van der Waals surface area contributed by atoms with Crippen molar-refractivity contribution in [3.63, 3.8) is 0 Å². The topological polar surface area (TPSA) is 75.7 Å². The number of anilines is 1. The van der Waals surface area contributed by atoms with Gasteiger partial charge in [-0.15, -0.1) is 0 Å². The van der Waals surface area contributed by atoms with Crippen LogP contribution < -0.4 is 14.4 Å². The van der Waals surface area contributed by atoms with Crippen molar-refractivity contribution in [2.45, 2.75) is 58.4 Å². The van der Waals surface area contributed by atoms with Gasteiger partial charge in [0.1, 0.15) is 12.3 Å². The number of benzene rings is 3. The first-order chi connectivity index (χ1) is 17.3. The van der Waals surface area contributed by atoms with Gasteiger partial charge < -0.3 is 10.1 Å². The van der Waals surface area contributed by atoms with Crippen LogP contribution in [0.5, 0.6) is 5.75 Å². The molecule has 3 aromatic rings. The summed E-state index contributed by atoms with van der Waals surface area (Å²) in [5, 5.41) is 3.40. The van der Waals surface area contributed by atoms with Crippen LogP contribution in [0.4, 0.5) is 5.69 Å². The molecule has 0 aliphatic rings. The summed E-state index contributed by atoms with van der Waals surface area (Å²) < 4.78 is 34.0. The highest BCUT2D eigenvalue weighted by molar-refractivity contribution is 7.92. The minimum Gasteiger partial charge on any atom is -0.496 e. The molecule has 198 valence electrons. The third-order valence-electron chi connectivity index (χ3n) is 6.42. The zero-order chi connectivity index (χ0) is 27.5. The van der Waals surface area contributed by atoms with Gasteiger partial charge in [-0.1, -0.05) is 49.2 Å². The smallest absolute Gasteiger partial charge is 0.264 e. The molecule has 0 saturated carbocycles. The zero-order valence-corrected chi connectivity index (χ0v) is 24.0. The second-order valence-corrected chi connectivity index (χ2v) is 11.9. The molecule has 1 unspecified atom stereocenters. The van der Waals surface area contributed by atoms with Gasteiger partial charge in [0.25, 0.3) is 10.0 Å². The molecule has 0 aliphatic carbocycles. The van der Waals surface area contributed by atoms with Crippen LogP contribution in [0, 0.1) is 20.8 Å². The van der Waals surface area contributed by atoms with Gasteiger partial charge in [0.2, 0.25) is 5.91 Å². The van der Waals surface area contributed by atoms with E-state index in [2.05, 4.69) is 19.2 Å². The SMILES string of the molecule is COc1cc(C)c(C(C)NC(=O)CN(c2ccc(C)c(Cl)c2)S(=O)(=O)c2ccc(C)cc2)cc1C(C)C. The Kier molecular flexibility index (Phi) is 8.92. The predicted octanol–water partition coefficient (Wildman–Crippen LogP) is 6.47. The maximum atomic E-state index is 13.7. The number of nitrogens with zero attached hydrogens (tertiary/aromatic N) is 1. The van der Waals surface area contributed by atoms with Gasteiger partial charge >= 0.3 is 0 Å². The molecule has 0 saturated heterocycles. The lowest BCUT2D eigenvalue weighted by atomic mass is 9.93. The molecule has 1 amide bonds. The quantitative estimate of drug-likeness (QED) is 0.336. The molecule has 37 heavy (non-hydrogen) atoms. The molecule has 0 fully saturated rings. The molecule has 0 radical (unpaired) electrons. The Morgan fingerprint density at radius 1 is 0.946 bits per heavy atom. The van der Waals surface area contributed by atoms with Gasteiger partial charge in [0.15, 0.2) is 0 Å². The number of nitrogens with one attached hydrogen (secondary N) is 1. The van der Waals surface area contributed by atoms with E-state index < -0.39 is 22.5 Å². The molecule has 1 atom stereocenters. The van der Waals surface area contributed by atoms with Crippen LogP contribution in [0.1, 0.15) is 60.5 Å². The van der Waals surface area contributed by atoms with E-state index >= 15 is 0 Å². The maximum absolute atomic E-state index is 13.7. The average Bonchev–Trinajstić information content (AvgIpc) is 2.84. The van der Waals surface area contributed by atoms with Crippen molar-refractivity contribution in [3.8, 4) is 5.75 Å². The maximum Gasteiger partial charge on any atom is 0.264 e. The molecule has 0 heterocycles. The lowest BCUT2D eigenvalue weighted by molar-refractivity contribution is -0.120. The van der Waals surface area contributed by atoms with Gasteiger partial charge in [-0.05, 0) is 92.3 Å². The van der Waals surface area contributed by atoms with E-state index in [9.17, 15) is 13.2 Å². The fourth-order valence-corrected chi connectivity index (χ4v) is 5.78. The van der Waals surface area contributed by atoms with Crippen LogP contribution in [-0.2, 0) is 14.8 Å². The highest BCUT2D eigenvalue weighted by atomic mass is 35.5. The monoisotopic (exact) mass is 542 g/mol. The average molecular weight is 543 g/mol. The van der Waals surface area contributed by atoms with E-state index in [0.717, 1.165) is 37.9 Å². The Labute approximate surface area is 225 Å². The van der Waals surface area contributed by atoms with E-state index in [1.165, 1.54) is 0 Å². The molecule has 0 aromatic heterocycles. The second-order valence-electron chi connectivity index (χ2n) is 9.65. The number of amides is 1. The summed E-state index contributed by atoms with van der Waals surface area (Å²) in [7, 11) is -2.39. The largest absolute Gasteiger partial charge is 0.496 e. The van der Waals surface area contributed by atoms with Crippen LogP contribution in [0.2, 0.25) is 5.02 Å². The molecule has 3 rings (SSSR count). The van der Waals surface area contributed by atoms with Gasteiger partial charge in [-0.3, -0.25) is 9.10 Å². The summed E-state index contributed by atoms with van der Waals surface area (Å²) in [5.74, 6) is 0.612. The van der Waals surface area contributed by atoms with Crippen LogP contribution >= 0.6 is 11.6 Å². The number of methoxy groups -OCH3 is 1. The van der Waals surface area contributed by atoms with Crippen LogP contribution in [0.3, 0.4) is 0 Å². The predicted molar refractivity (Wildman–Crippen MR) is 150 cm³/mol. The number of hydrogen-bond donors (Lipinski definition) is 1. The van der Waals surface area contributed by atoms with Crippen molar-refractivity contribution >= 4 is 33.2 Å². The van der Waals surface area contributed by atoms with Gasteiger partial charge in [0.05, 0.1) is 23.7 Å². The van der Waals surface area contributed by atoms with Crippen molar-refractivity contribution in [2.75, 3.05) is 18.0 Å². The molecule has 0 bridgehead atoms. The number of carbonyl (C=O) groups is 1. The number of rotatable bonds is 9. The Morgan fingerprint density at radius 3 is 2.16 bits per heavy atom. The van der Waals surface area contributed by atoms with Gasteiger partial charge in [0, 0.05) is 5.02 Å². The molecular formula is C29H35ClN2O4S. The normalized spacial score (nSPS) is 12.4. The summed E-state index contributed by atoms with van der Waals surface area (Å²) in [6.45, 7) is 11.3. The van der Waals surface area contributed by atoms with Crippen LogP contribution in [0.15, 0.2) is 59.5 Å². The Bertz CT molecular complexity index is 1390. The molecule has 0 aliphatic heterocycles. The minimum absolute atomic E-state index is 0.100. The Hall–Kier alpha value is -3.03. The highest BCUT2D eigenvalue weighted by Gasteiger charge is 2.28.